The second-order valence-corrected chi connectivity index (χ2v) is 6.99. The first kappa shape index (κ1) is 27.4. The van der Waals surface area contributed by atoms with Gasteiger partial charge in [0, 0.05) is 13.1 Å². The molecule has 2 aliphatic rings. The van der Waals surface area contributed by atoms with Crippen molar-refractivity contribution in [3.8, 4) is 0 Å². The number of hydrogen-bond acceptors (Lipinski definition) is 3. The lowest BCUT2D eigenvalue weighted by molar-refractivity contribution is 0.0380. The van der Waals surface area contributed by atoms with Gasteiger partial charge in [-0.25, -0.2) is 4.79 Å². The molecular weight excluding hydrogens is 362 g/mol. The Kier molecular flexibility index (Phi) is 15.3. The van der Waals surface area contributed by atoms with Gasteiger partial charge in [0.1, 0.15) is 0 Å². The van der Waals surface area contributed by atoms with Crippen LogP contribution in [0.5, 0.6) is 0 Å². The van der Waals surface area contributed by atoms with E-state index in [0.717, 1.165) is 43.3 Å². The van der Waals surface area contributed by atoms with Gasteiger partial charge in [0.2, 0.25) is 0 Å². The Morgan fingerprint density at radius 1 is 1.17 bits per heavy atom. The van der Waals surface area contributed by atoms with E-state index in [1.54, 1.807) is 12.1 Å². The Morgan fingerprint density at radius 3 is 2.24 bits per heavy atom. The molecule has 0 atom stereocenters. The van der Waals surface area contributed by atoms with E-state index in [1.807, 2.05) is 40.7 Å². The minimum Gasteiger partial charge on any atom is -0.478 e. The van der Waals surface area contributed by atoms with E-state index in [1.165, 1.54) is 31.4 Å². The number of carboxylic acid groups (broad SMARTS) is 1. The third-order valence-corrected chi connectivity index (χ3v) is 4.77. The van der Waals surface area contributed by atoms with Crippen molar-refractivity contribution in [1.29, 1.82) is 0 Å². The fourth-order valence-corrected chi connectivity index (χ4v) is 2.97. The maximum absolute atomic E-state index is 10.9. The molecule has 2 fully saturated rings. The summed E-state index contributed by atoms with van der Waals surface area (Å²) in [6, 6.07) is 5.28. The Labute approximate surface area is 179 Å². The van der Waals surface area contributed by atoms with Gasteiger partial charge in [-0.15, -0.1) is 0 Å². The van der Waals surface area contributed by atoms with E-state index in [0.29, 0.717) is 5.56 Å². The van der Waals surface area contributed by atoms with Crippen LogP contribution in [-0.4, -0.2) is 48.8 Å². The molecule has 166 valence electrons. The summed E-state index contributed by atoms with van der Waals surface area (Å²) in [7, 11) is 0. The van der Waals surface area contributed by atoms with Crippen LogP contribution in [0.1, 0.15) is 82.3 Å². The summed E-state index contributed by atoms with van der Waals surface area (Å²) in [5.41, 5.74) is 3.89. The lowest BCUT2D eigenvalue weighted by Gasteiger charge is -2.25. The van der Waals surface area contributed by atoms with Crippen LogP contribution in [-0.2, 0) is 4.74 Å². The molecule has 4 nitrogen and oxygen atoms in total. The Balaban J connectivity index is 0.000000513. The Bertz CT molecular complexity index is 597. The number of aromatic carboxylic acids is 1. The highest BCUT2D eigenvalue weighted by Gasteiger charge is 2.22. The Morgan fingerprint density at radius 2 is 1.76 bits per heavy atom. The number of benzene rings is 1. The quantitative estimate of drug-likeness (QED) is 0.625. The minimum absolute atomic E-state index is 0.362. The highest BCUT2D eigenvalue weighted by Crippen LogP contribution is 2.37. The van der Waals surface area contributed by atoms with Crippen LogP contribution >= 0.6 is 0 Å². The van der Waals surface area contributed by atoms with Crippen molar-refractivity contribution in [2.24, 2.45) is 5.92 Å². The lowest BCUT2D eigenvalue weighted by Crippen LogP contribution is -2.36. The van der Waals surface area contributed by atoms with Crippen LogP contribution in [0.4, 0.5) is 0 Å². The number of hydrogen-bond donors (Lipinski definition) is 1. The number of ether oxygens (including phenoxy) is 1. The molecule has 1 aromatic rings. The van der Waals surface area contributed by atoms with Gasteiger partial charge in [0.05, 0.1) is 18.8 Å². The first-order chi connectivity index (χ1) is 14.0. The van der Waals surface area contributed by atoms with Crippen LogP contribution in [0.3, 0.4) is 0 Å². The van der Waals surface area contributed by atoms with Gasteiger partial charge in [-0.2, -0.15) is 0 Å². The monoisotopic (exact) mass is 405 g/mol. The number of nitrogens with zero attached hydrogens (tertiary/aromatic N) is 1. The molecule has 1 N–H and O–H groups in total. The van der Waals surface area contributed by atoms with Crippen LogP contribution < -0.4 is 0 Å². The topological polar surface area (TPSA) is 49.8 Å². The number of carboxylic acids is 1. The first-order valence-electron chi connectivity index (χ1n) is 11.3. The van der Waals surface area contributed by atoms with Gasteiger partial charge in [-0.05, 0) is 68.8 Å². The van der Waals surface area contributed by atoms with Crippen molar-refractivity contribution in [3.05, 3.63) is 40.5 Å². The number of rotatable bonds is 5. The van der Waals surface area contributed by atoms with Gasteiger partial charge < -0.3 is 9.84 Å². The van der Waals surface area contributed by atoms with Crippen LogP contribution in [0.15, 0.2) is 23.8 Å². The van der Waals surface area contributed by atoms with Crippen LogP contribution in [0, 0.1) is 12.8 Å². The average Bonchev–Trinajstić information content (AvgIpc) is 3.59. The molecule has 0 spiro atoms. The molecule has 4 heteroatoms. The molecule has 0 amide bonds. The highest BCUT2D eigenvalue weighted by atomic mass is 16.5. The molecule has 1 aliphatic heterocycles. The van der Waals surface area contributed by atoms with E-state index >= 15 is 0 Å². The van der Waals surface area contributed by atoms with Crippen molar-refractivity contribution in [2.45, 2.75) is 67.7 Å². The van der Waals surface area contributed by atoms with E-state index in [4.69, 9.17) is 9.84 Å². The summed E-state index contributed by atoms with van der Waals surface area (Å²) in [5.74, 6) is -0.133. The van der Waals surface area contributed by atoms with E-state index in [-0.39, 0.29) is 0 Å². The van der Waals surface area contributed by atoms with Crippen molar-refractivity contribution in [2.75, 3.05) is 32.8 Å². The van der Waals surface area contributed by atoms with E-state index in [9.17, 15) is 4.79 Å². The molecule has 0 unspecified atom stereocenters. The second kappa shape index (κ2) is 16.2. The normalized spacial score (nSPS) is 16.3. The molecule has 0 bridgehead atoms. The smallest absolute Gasteiger partial charge is 0.335 e. The maximum atomic E-state index is 10.9. The molecule has 1 saturated carbocycles. The van der Waals surface area contributed by atoms with Crippen molar-refractivity contribution >= 4 is 12.0 Å². The highest BCUT2D eigenvalue weighted by molar-refractivity contribution is 5.88. The molecule has 1 heterocycles. The number of aryl methyl sites for hydroxylation is 1. The molecule has 1 aliphatic carbocycles. The lowest BCUT2D eigenvalue weighted by atomic mass is 10.0. The van der Waals surface area contributed by atoms with Crippen LogP contribution in [0.2, 0.25) is 0 Å². The largest absolute Gasteiger partial charge is 0.478 e. The standard InChI is InChI=1S/C14H16O2.C7H15NO.2C2H6/c1-9-3-4-12(14(15)16)8-13(9)7-10(2)11-5-6-11;1-2-3-8-4-6-9-7-5-8;2*1-2/h3-4,7-8,11H,5-6H2,1-2H3,(H,15,16);2-7H2,1H3;2*1-2H3/b10-7+;;;. The predicted octanol–water partition coefficient (Wildman–Crippen LogP) is 6.29. The fraction of sp³-hybridized carbons (Fsp3) is 0.640. The summed E-state index contributed by atoms with van der Waals surface area (Å²) in [5, 5.41) is 8.94. The molecule has 0 aromatic heterocycles. The summed E-state index contributed by atoms with van der Waals surface area (Å²) < 4.78 is 5.20. The van der Waals surface area contributed by atoms with Gasteiger partial charge >= 0.3 is 5.97 Å². The van der Waals surface area contributed by atoms with Gasteiger partial charge in [0.25, 0.3) is 0 Å². The summed E-state index contributed by atoms with van der Waals surface area (Å²) in [6.07, 6.45) is 5.94. The number of morpholine rings is 1. The third kappa shape index (κ3) is 11.2. The third-order valence-electron chi connectivity index (χ3n) is 4.77. The summed E-state index contributed by atoms with van der Waals surface area (Å²) in [6.45, 7) is 19.7. The maximum Gasteiger partial charge on any atom is 0.335 e. The average molecular weight is 406 g/mol. The van der Waals surface area contributed by atoms with Crippen molar-refractivity contribution in [1.82, 2.24) is 4.90 Å². The zero-order chi connectivity index (χ0) is 22.2. The van der Waals surface area contributed by atoms with E-state index in [2.05, 4.69) is 24.8 Å². The van der Waals surface area contributed by atoms with Gasteiger partial charge in [-0.3, -0.25) is 4.90 Å². The molecule has 1 saturated heterocycles. The zero-order valence-electron chi connectivity index (χ0n) is 19.8. The summed E-state index contributed by atoms with van der Waals surface area (Å²) >= 11 is 0. The van der Waals surface area contributed by atoms with Crippen molar-refractivity contribution < 1.29 is 14.6 Å². The molecule has 1 aromatic carbocycles. The second-order valence-electron chi connectivity index (χ2n) is 6.99. The SMILES string of the molecule is C/C(=C\c1cc(C(=O)O)ccc1C)C1CC1.CC.CC.CCCN1CCOCC1. The van der Waals surface area contributed by atoms with Gasteiger partial charge in [0.15, 0.2) is 0 Å². The zero-order valence-corrected chi connectivity index (χ0v) is 19.8. The summed E-state index contributed by atoms with van der Waals surface area (Å²) in [4.78, 5) is 13.3. The fourth-order valence-electron chi connectivity index (χ4n) is 2.97. The van der Waals surface area contributed by atoms with Crippen molar-refractivity contribution in [3.63, 3.8) is 0 Å². The van der Waals surface area contributed by atoms with E-state index < -0.39 is 5.97 Å². The number of allylic oxidation sites excluding steroid dienone is 1. The Hall–Kier alpha value is -1.65. The molecule has 3 rings (SSSR count). The molecule has 29 heavy (non-hydrogen) atoms. The first-order valence-corrected chi connectivity index (χ1v) is 11.3. The number of carbonyl (C=O) groups is 1. The molecule has 0 radical (unpaired) electrons. The minimum atomic E-state index is -0.862. The van der Waals surface area contributed by atoms with Gasteiger partial charge in [-0.1, -0.05) is 52.3 Å². The van der Waals surface area contributed by atoms with Crippen LogP contribution in [0.25, 0.3) is 6.08 Å². The predicted molar refractivity (Wildman–Crippen MR) is 125 cm³/mol. The molecular formula is C25H43NO3.